The highest BCUT2D eigenvalue weighted by molar-refractivity contribution is 7.18. The molecule has 312 valence electrons. The molecule has 57 heavy (non-hydrogen) atoms. The van der Waals surface area contributed by atoms with Gasteiger partial charge in [-0.15, -0.1) is 17.9 Å². The van der Waals surface area contributed by atoms with Crippen LogP contribution in [-0.2, 0) is 28.7 Å². The number of allylic oxidation sites excluding steroid dienone is 2. The van der Waals surface area contributed by atoms with Gasteiger partial charge in [-0.3, -0.25) is 24.1 Å². The third-order valence-electron chi connectivity index (χ3n) is 11.3. The Morgan fingerprint density at radius 3 is 2.40 bits per heavy atom. The number of esters is 1. The Morgan fingerprint density at radius 2 is 1.72 bits per heavy atom. The lowest BCUT2D eigenvalue weighted by atomic mass is 9.71. The van der Waals surface area contributed by atoms with Gasteiger partial charge in [0.2, 0.25) is 0 Å². The molecule has 0 spiro atoms. The molecule has 2 N–H and O–H groups in total. The molecule has 3 heterocycles. The molecule has 1 aromatic heterocycles. The van der Waals surface area contributed by atoms with Crippen molar-refractivity contribution < 1.29 is 38.6 Å². The molecule has 0 fully saturated rings. The van der Waals surface area contributed by atoms with Crippen LogP contribution < -0.4 is 5.32 Å². The van der Waals surface area contributed by atoms with E-state index in [9.17, 15) is 29.1 Å². The Morgan fingerprint density at radius 1 is 1.05 bits per heavy atom. The Labute approximate surface area is 342 Å². The van der Waals surface area contributed by atoms with E-state index in [2.05, 4.69) is 29.9 Å². The van der Waals surface area contributed by atoms with E-state index in [1.54, 1.807) is 31.3 Å². The summed E-state index contributed by atoms with van der Waals surface area (Å²) in [5, 5.41) is 15.3. The maximum atomic E-state index is 14.4. The van der Waals surface area contributed by atoms with Gasteiger partial charge in [-0.2, -0.15) is 0 Å². The Bertz CT molecular complexity index is 1760. The number of benzene rings is 1. The van der Waals surface area contributed by atoms with E-state index in [1.165, 1.54) is 17.1 Å². The van der Waals surface area contributed by atoms with E-state index in [0.717, 1.165) is 97.0 Å². The molecule has 1 aromatic carbocycles. The number of nitrogens with zero attached hydrogens (tertiary/aromatic N) is 2. The number of ketones is 1. The van der Waals surface area contributed by atoms with Gasteiger partial charge in [-0.25, -0.2) is 9.78 Å². The monoisotopic (exact) mass is 805 g/mol. The lowest BCUT2D eigenvalue weighted by Crippen LogP contribution is -2.49. The number of amides is 3. The van der Waals surface area contributed by atoms with E-state index in [-0.39, 0.29) is 36.4 Å². The number of aliphatic hydroxyl groups excluding tert-OH is 1. The molecule has 12 heteroatoms. The summed E-state index contributed by atoms with van der Waals surface area (Å²) in [5.74, 6) is -2.33. The summed E-state index contributed by atoms with van der Waals surface area (Å²) in [6.07, 6.45) is 13.1. The number of aryl methyl sites for hydroxylation is 1. The number of nitrogens with one attached hydrogen (secondary N) is 1. The summed E-state index contributed by atoms with van der Waals surface area (Å²) in [5.41, 5.74) is 1.45. The summed E-state index contributed by atoms with van der Waals surface area (Å²) in [4.78, 5) is 70.8. The maximum absolute atomic E-state index is 14.4. The maximum Gasteiger partial charge on any atom is 0.407 e. The second kappa shape index (κ2) is 22.1. The third-order valence-corrected chi connectivity index (χ3v) is 12.3. The highest BCUT2D eigenvalue weighted by Gasteiger charge is 2.46. The van der Waals surface area contributed by atoms with Gasteiger partial charge in [-0.1, -0.05) is 69.2 Å². The third kappa shape index (κ3) is 13.5. The molecular weight excluding hydrogens is 743 g/mol. The first-order valence-electron chi connectivity index (χ1n) is 20.7. The van der Waals surface area contributed by atoms with Gasteiger partial charge in [-0.05, 0) is 89.8 Å². The van der Waals surface area contributed by atoms with Crippen molar-refractivity contribution in [1.29, 1.82) is 0 Å². The van der Waals surface area contributed by atoms with Crippen molar-refractivity contribution in [1.82, 2.24) is 15.2 Å². The lowest BCUT2D eigenvalue weighted by molar-refractivity contribution is -0.156. The smallest absolute Gasteiger partial charge is 0.407 e. The first-order valence-corrected chi connectivity index (χ1v) is 21.6. The highest BCUT2D eigenvalue weighted by Crippen LogP contribution is 2.37. The molecule has 5 atom stereocenters. The second-order valence-corrected chi connectivity index (χ2v) is 17.6. The van der Waals surface area contributed by atoms with Crippen LogP contribution in [0, 0.1) is 24.2 Å². The average molecular weight is 806 g/mol. The summed E-state index contributed by atoms with van der Waals surface area (Å²) in [6.45, 7) is 14.0. The molecule has 11 nitrogen and oxygen atoms in total. The number of aromatic nitrogens is 1. The number of unbranched alkanes of at least 4 members (excludes halogenated alkanes) is 7. The van der Waals surface area contributed by atoms with E-state index in [1.807, 2.05) is 32.0 Å². The van der Waals surface area contributed by atoms with Crippen LogP contribution in [0.1, 0.15) is 134 Å². The number of alkyl carbamates (subject to hydrolysis) is 1. The molecule has 0 saturated heterocycles. The standard InChI is InChI=1S/C45H63N3O8S/c1-7-17-34-42(52)31(3)19-16-18-30(2)20-22-36(33-21-23-37-35(28-33)47-32(4)57-37)55-41(51)29-38(45(5,6)43(34)53)56-44(54)46-26-14-12-10-8-9-11-13-15-27-48-39(49)24-25-40(48)50/h7,20-21,23-25,28,31,34,36,38,42,52H,1,8-19,22,26-27,29H2,2-6H3,(H,46,54)/t31-,34+,36-,38-,42-/m0/s1. The number of cyclic esters (lactones) is 1. The van der Waals surface area contributed by atoms with Crippen LogP contribution in [0.15, 0.2) is 54.7 Å². The highest BCUT2D eigenvalue weighted by atomic mass is 32.1. The molecule has 0 aliphatic carbocycles. The molecule has 2 aliphatic heterocycles. The first-order chi connectivity index (χ1) is 27.2. The van der Waals surface area contributed by atoms with E-state index < -0.39 is 41.7 Å². The number of carbonyl (C=O) groups is 5. The van der Waals surface area contributed by atoms with Gasteiger partial charge in [0.05, 0.1) is 33.2 Å². The molecule has 2 aromatic rings. The minimum Gasteiger partial charge on any atom is -0.457 e. The van der Waals surface area contributed by atoms with Gasteiger partial charge < -0.3 is 19.9 Å². The van der Waals surface area contributed by atoms with Crippen molar-refractivity contribution in [2.24, 2.45) is 17.3 Å². The Hall–Kier alpha value is -4.16. The Kier molecular flexibility index (Phi) is 17.7. The van der Waals surface area contributed by atoms with Crippen LogP contribution in [0.5, 0.6) is 0 Å². The minimum atomic E-state index is -1.35. The zero-order valence-electron chi connectivity index (χ0n) is 34.6. The number of rotatable bonds is 15. The van der Waals surface area contributed by atoms with Crippen molar-refractivity contribution in [2.45, 2.75) is 143 Å². The fraction of sp³-hybridized carbons (Fsp3) is 0.600. The fourth-order valence-electron chi connectivity index (χ4n) is 7.68. The normalized spacial score (nSPS) is 23.7. The quantitative estimate of drug-likeness (QED) is 0.0778. The summed E-state index contributed by atoms with van der Waals surface area (Å²) in [7, 11) is 0. The predicted octanol–water partition coefficient (Wildman–Crippen LogP) is 9.02. The van der Waals surface area contributed by atoms with Crippen LogP contribution in [0.4, 0.5) is 4.79 Å². The number of hydrogen-bond donors (Lipinski definition) is 2. The van der Waals surface area contributed by atoms with Gasteiger partial charge in [0.25, 0.3) is 11.8 Å². The number of ether oxygens (including phenoxy) is 2. The molecule has 0 saturated carbocycles. The molecule has 3 amide bonds. The van der Waals surface area contributed by atoms with Crippen molar-refractivity contribution in [3.8, 4) is 0 Å². The number of aliphatic hydroxyl groups is 1. The average Bonchev–Trinajstić information content (AvgIpc) is 3.71. The molecule has 4 rings (SSSR count). The lowest BCUT2D eigenvalue weighted by Gasteiger charge is -2.37. The van der Waals surface area contributed by atoms with Crippen LogP contribution in [0.3, 0.4) is 0 Å². The Balaban J connectivity index is 1.39. The fourth-order valence-corrected chi connectivity index (χ4v) is 8.49. The van der Waals surface area contributed by atoms with Gasteiger partial charge in [0.1, 0.15) is 18.0 Å². The van der Waals surface area contributed by atoms with Gasteiger partial charge in [0, 0.05) is 37.6 Å². The van der Waals surface area contributed by atoms with Crippen molar-refractivity contribution in [2.75, 3.05) is 13.1 Å². The number of carbonyl (C=O) groups excluding carboxylic acids is 5. The minimum absolute atomic E-state index is 0.166. The van der Waals surface area contributed by atoms with E-state index in [0.29, 0.717) is 19.5 Å². The molecular formula is C45H63N3O8S. The van der Waals surface area contributed by atoms with Gasteiger partial charge in [0.15, 0.2) is 0 Å². The van der Waals surface area contributed by atoms with E-state index in [4.69, 9.17) is 9.47 Å². The summed E-state index contributed by atoms with van der Waals surface area (Å²) < 4.78 is 13.2. The molecule has 0 unspecified atom stereocenters. The number of hydrogen-bond acceptors (Lipinski definition) is 10. The topological polar surface area (TPSA) is 152 Å². The number of thiazole rings is 1. The van der Waals surface area contributed by atoms with Crippen LogP contribution >= 0.6 is 11.3 Å². The van der Waals surface area contributed by atoms with Crippen LogP contribution in [0.2, 0.25) is 0 Å². The zero-order valence-corrected chi connectivity index (χ0v) is 35.4. The molecule has 0 bridgehead atoms. The van der Waals surface area contributed by atoms with Crippen molar-refractivity contribution in [3.05, 3.63) is 65.2 Å². The van der Waals surface area contributed by atoms with E-state index >= 15 is 0 Å². The number of fused-ring (bicyclic) bond motifs is 1. The zero-order chi connectivity index (χ0) is 41.5. The van der Waals surface area contributed by atoms with Crippen molar-refractivity contribution in [3.63, 3.8) is 0 Å². The number of Topliss-reactive ketones (excluding diaryl/α,β-unsaturated/α-hetero) is 1. The van der Waals surface area contributed by atoms with Crippen LogP contribution in [-0.4, -0.2) is 69.9 Å². The molecule has 2 aliphatic rings. The first kappa shape index (κ1) is 45.5. The largest absolute Gasteiger partial charge is 0.457 e. The van der Waals surface area contributed by atoms with Gasteiger partial charge >= 0.3 is 12.1 Å². The number of imide groups is 1. The second-order valence-electron chi connectivity index (χ2n) is 16.3. The molecule has 0 radical (unpaired) electrons. The van der Waals surface area contributed by atoms with Crippen LogP contribution in [0.25, 0.3) is 10.2 Å². The summed E-state index contributed by atoms with van der Waals surface area (Å²) in [6, 6.07) is 5.91. The summed E-state index contributed by atoms with van der Waals surface area (Å²) >= 11 is 1.60. The SMILES string of the molecule is C=CC[C@H]1C(=O)C(C)(C)[C@@H](OC(=O)NCCCCCCCCCCN2C(=O)C=CC2=O)CC(=O)O[C@H](c2ccc3sc(C)nc3c2)CC=C(C)CCC[C@H](C)[C@@H]1O. The predicted molar refractivity (Wildman–Crippen MR) is 223 cm³/mol. The van der Waals surface area contributed by atoms with Crippen molar-refractivity contribution >= 4 is 51.2 Å².